The molecule has 0 fully saturated rings. The highest BCUT2D eigenvalue weighted by Crippen LogP contribution is 2.53. The van der Waals surface area contributed by atoms with Gasteiger partial charge in [-0.05, 0) is 104 Å². The molecule has 3 aromatic carbocycles. The van der Waals surface area contributed by atoms with Crippen molar-refractivity contribution in [2.75, 3.05) is 24.5 Å². The zero-order valence-electron chi connectivity index (χ0n) is 28.6. The molecule has 4 nitrogen and oxygen atoms in total. The van der Waals surface area contributed by atoms with Gasteiger partial charge in [0.25, 0.3) is 5.04 Å². The zero-order chi connectivity index (χ0) is 34.2. The lowest BCUT2D eigenvalue weighted by Crippen LogP contribution is -2.21. The molecule has 252 valence electrons. The average Bonchev–Trinajstić information content (AvgIpc) is 3.96. The van der Waals surface area contributed by atoms with Gasteiger partial charge in [-0.3, -0.25) is 0 Å². The molecular formula is C42H40N3OS4+. The Hall–Kier alpha value is -3.69. The van der Waals surface area contributed by atoms with Gasteiger partial charge in [-0.1, -0.05) is 96.3 Å². The Morgan fingerprint density at radius 3 is 2.22 bits per heavy atom. The van der Waals surface area contributed by atoms with Gasteiger partial charge in [0.05, 0.1) is 21.4 Å². The molecule has 1 aliphatic carbocycles. The van der Waals surface area contributed by atoms with E-state index in [2.05, 4.69) is 133 Å². The lowest BCUT2D eigenvalue weighted by molar-refractivity contribution is -0.435. The molecule has 4 heterocycles. The molecule has 8 rings (SSSR count). The first-order valence-corrected chi connectivity index (χ1v) is 20.9. The number of likely N-dealkylation sites (N-methyl/N-ethyl adjacent to an activating group) is 1. The standard InChI is InChI=1S/C42H40N3OS4/c1-4-43-33-24-23-28-16-13-14-21-31(28)40(33)49-35(43)26-32(34-22-15-25-47-34)41-42(46)45(6-3)37(50-41)27-36-44(5-2)38(29-17-9-7-10-18-29)39(48-36)30-19-11-8-12-20-30/h7-12,15,17-20,22-27H,4-6,13-14,16,21H2,1-3H3/q+1. The molecule has 0 saturated heterocycles. The Balaban J connectivity index is 1.20. The van der Waals surface area contributed by atoms with Crippen molar-refractivity contribution in [1.29, 1.82) is 0 Å². The van der Waals surface area contributed by atoms with E-state index in [0.717, 1.165) is 44.9 Å². The molecule has 0 atom stereocenters. The molecule has 1 aromatic heterocycles. The Morgan fingerprint density at radius 1 is 0.780 bits per heavy atom. The molecule has 4 aromatic rings. The second-order valence-corrected chi connectivity index (χ2v) is 16.6. The summed E-state index contributed by atoms with van der Waals surface area (Å²) < 4.78 is 1.96. The van der Waals surface area contributed by atoms with E-state index >= 15 is 0 Å². The minimum absolute atomic E-state index is 0.0797. The van der Waals surface area contributed by atoms with Crippen LogP contribution in [0.5, 0.6) is 0 Å². The quantitative estimate of drug-likeness (QED) is 0.132. The summed E-state index contributed by atoms with van der Waals surface area (Å²) >= 11 is 7.02. The highest BCUT2D eigenvalue weighted by molar-refractivity contribution is 8.19. The normalized spacial score (nSPS) is 20.1. The van der Waals surface area contributed by atoms with Crippen molar-refractivity contribution in [3.8, 4) is 0 Å². The monoisotopic (exact) mass is 730 g/mol. The molecule has 50 heavy (non-hydrogen) atoms. The van der Waals surface area contributed by atoms with E-state index in [1.54, 1.807) is 34.9 Å². The van der Waals surface area contributed by atoms with E-state index in [-0.39, 0.29) is 5.91 Å². The lowest BCUT2D eigenvalue weighted by Gasteiger charge is -2.21. The van der Waals surface area contributed by atoms with Crippen LogP contribution < -0.4 is 4.90 Å². The van der Waals surface area contributed by atoms with Gasteiger partial charge >= 0.3 is 5.91 Å². The third-order valence-electron chi connectivity index (χ3n) is 9.67. The Labute approximate surface area is 312 Å². The van der Waals surface area contributed by atoms with Gasteiger partial charge in [0.1, 0.15) is 4.91 Å². The fourth-order valence-electron chi connectivity index (χ4n) is 7.26. The van der Waals surface area contributed by atoms with Crippen LogP contribution in [0.25, 0.3) is 16.2 Å². The fourth-order valence-corrected chi connectivity index (χ4v) is 12.0. The van der Waals surface area contributed by atoms with Crippen LogP contribution in [0.1, 0.15) is 60.7 Å². The number of allylic oxidation sites excluding steroid dienone is 2. The van der Waals surface area contributed by atoms with Crippen LogP contribution >= 0.6 is 46.6 Å². The third-order valence-corrected chi connectivity index (χ3v) is 14.1. The summed E-state index contributed by atoms with van der Waals surface area (Å²) in [6.07, 6.45) is 9.41. The van der Waals surface area contributed by atoms with Crippen molar-refractivity contribution in [1.82, 2.24) is 4.90 Å². The van der Waals surface area contributed by atoms with Gasteiger partial charge in [0.2, 0.25) is 0 Å². The first-order valence-electron chi connectivity index (χ1n) is 17.6. The summed E-state index contributed by atoms with van der Waals surface area (Å²) in [7, 11) is 0. The van der Waals surface area contributed by atoms with Crippen LogP contribution in [0.2, 0.25) is 0 Å². The minimum Gasteiger partial charge on any atom is -0.335 e. The summed E-state index contributed by atoms with van der Waals surface area (Å²) in [4.78, 5) is 23.9. The molecular weight excluding hydrogens is 691 g/mol. The van der Waals surface area contributed by atoms with E-state index in [1.807, 2.05) is 16.3 Å². The molecule has 0 N–H and O–H groups in total. The molecule has 0 radical (unpaired) electrons. The number of thiophene rings is 1. The second-order valence-electron chi connectivity index (χ2n) is 12.5. The van der Waals surface area contributed by atoms with E-state index < -0.39 is 0 Å². The molecule has 1 amide bonds. The minimum atomic E-state index is 0.0797. The summed E-state index contributed by atoms with van der Waals surface area (Å²) in [5.74, 6) is 0.0797. The maximum atomic E-state index is 14.4. The molecule has 8 heteroatoms. The van der Waals surface area contributed by atoms with Crippen molar-refractivity contribution in [3.63, 3.8) is 0 Å². The summed E-state index contributed by atoms with van der Waals surface area (Å²) in [5.41, 5.74) is 8.98. The predicted molar refractivity (Wildman–Crippen MR) is 217 cm³/mol. The number of anilines is 1. The Morgan fingerprint density at radius 2 is 1.52 bits per heavy atom. The number of amides is 1. The van der Waals surface area contributed by atoms with Gasteiger partial charge in [0.15, 0.2) is 6.54 Å². The molecule has 3 aliphatic heterocycles. The van der Waals surface area contributed by atoms with Crippen LogP contribution in [-0.2, 0) is 17.6 Å². The zero-order valence-corrected chi connectivity index (χ0v) is 31.9. The molecule has 0 bridgehead atoms. The fraction of sp³-hybridized carbons (Fsp3) is 0.238. The van der Waals surface area contributed by atoms with Crippen LogP contribution in [0.15, 0.2) is 122 Å². The lowest BCUT2D eigenvalue weighted by atomic mass is 9.91. The largest absolute Gasteiger partial charge is 0.427 e. The second kappa shape index (κ2) is 14.5. The van der Waals surface area contributed by atoms with Crippen LogP contribution in [0.4, 0.5) is 5.69 Å². The van der Waals surface area contributed by atoms with Crippen LogP contribution in [0, 0.1) is 0 Å². The van der Waals surface area contributed by atoms with Gasteiger partial charge in [0, 0.05) is 39.4 Å². The van der Waals surface area contributed by atoms with Gasteiger partial charge < -0.3 is 9.80 Å². The number of hydrogen-bond acceptors (Lipinski definition) is 7. The first kappa shape index (κ1) is 33.5. The van der Waals surface area contributed by atoms with Crippen molar-refractivity contribution in [3.05, 3.63) is 145 Å². The highest BCUT2D eigenvalue weighted by atomic mass is 32.2. The Kier molecular flexibility index (Phi) is 9.71. The van der Waals surface area contributed by atoms with E-state index in [1.165, 1.54) is 67.7 Å². The number of hydrogen-bond donors (Lipinski definition) is 0. The SMILES string of the molecule is CCN1C(=CC2=[N+](CC)C(=O)C(=C(C=C3Sc4c(ccc5c4CCCC5)N3CC)c3cccs3)S2)SC(c2ccccc2)=C1c1ccccc1. The summed E-state index contributed by atoms with van der Waals surface area (Å²) in [5, 5.41) is 5.43. The number of nitrogens with zero attached hydrogens (tertiary/aromatic N) is 3. The topological polar surface area (TPSA) is 26.6 Å². The van der Waals surface area contributed by atoms with Crippen LogP contribution in [-0.4, -0.2) is 40.1 Å². The summed E-state index contributed by atoms with van der Waals surface area (Å²) in [6, 6.07) is 30.3. The predicted octanol–water partition coefficient (Wildman–Crippen LogP) is 11.0. The first-order chi connectivity index (χ1) is 24.6. The average molecular weight is 731 g/mol. The van der Waals surface area contributed by atoms with Crippen molar-refractivity contribution in [2.45, 2.75) is 51.3 Å². The van der Waals surface area contributed by atoms with E-state index in [9.17, 15) is 4.79 Å². The molecule has 0 saturated carbocycles. The number of carbonyl (C=O) groups excluding carboxylic acids is 1. The smallest absolute Gasteiger partial charge is 0.335 e. The van der Waals surface area contributed by atoms with Crippen molar-refractivity contribution >= 4 is 79.4 Å². The highest BCUT2D eigenvalue weighted by Gasteiger charge is 2.41. The number of rotatable bonds is 8. The Bertz CT molecular complexity index is 2110. The number of benzene rings is 3. The van der Waals surface area contributed by atoms with Crippen molar-refractivity contribution < 1.29 is 9.37 Å². The van der Waals surface area contributed by atoms with Crippen LogP contribution in [0.3, 0.4) is 0 Å². The number of fused-ring (bicyclic) bond motifs is 3. The number of aryl methyl sites for hydroxylation is 1. The maximum absolute atomic E-state index is 14.4. The van der Waals surface area contributed by atoms with Gasteiger partial charge in [-0.25, -0.2) is 4.79 Å². The van der Waals surface area contributed by atoms with Crippen molar-refractivity contribution in [2.24, 2.45) is 0 Å². The third kappa shape index (κ3) is 6.04. The molecule has 0 spiro atoms. The van der Waals surface area contributed by atoms with E-state index in [0.29, 0.717) is 6.54 Å². The van der Waals surface area contributed by atoms with Gasteiger partial charge in [-0.15, -0.1) is 11.3 Å². The van der Waals surface area contributed by atoms with Gasteiger partial charge in [-0.2, -0.15) is 4.58 Å². The van der Waals surface area contributed by atoms with E-state index in [4.69, 9.17) is 0 Å². The number of carbonyl (C=O) groups is 1. The number of thioether (sulfide) groups is 3. The summed E-state index contributed by atoms with van der Waals surface area (Å²) in [6.45, 7) is 8.83. The molecule has 4 aliphatic rings. The maximum Gasteiger partial charge on any atom is 0.427 e. The molecule has 0 unspecified atom stereocenters.